The number of nitrogens with one attached hydrogen (secondary N) is 1. The van der Waals surface area contributed by atoms with Gasteiger partial charge >= 0.3 is 5.97 Å². The van der Waals surface area contributed by atoms with Crippen LogP contribution in [-0.4, -0.2) is 17.0 Å². The second-order valence-electron chi connectivity index (χ2n) is 6.20. The fourth-order valence-electron chi connectivity index (χ4n) is 2.76. The number of rotatable bonds is 7. The van der Waals surface area contributed by atoms with E-state index in [2.05, 4.69) is 11.4 Å². The third-order valence-electron chi connectivity index (χ3n) is 4.11. The SMILES string of the molecule is Cc1ccc(CCC(=O)NC(CC(=O)O)c2ccc(F)cc2)c(C)c1. The molecule has 0 saturated carbocycles. The summed E-state index contributed by atoms with van der Waals surface area (Å²) in [6.07, 6.45) is 0.600. The van der Waals surface area contributed by atoms with Crippen LogP contribution in [0.25, 0.3) is 0 Å². The first kappa shape index (κ1) is 18.6. The zero-order chi connectivity index (χ0) is 18.4. The van der Waals surface area contributed by atoms with E-state index in [0.29, 0.717) is 12.0 Å². The minimum Gasteiger partial charge on any atom is -0.481 e. The third-order valence-corrected chi connectivity index (χ3v) is 4.11. The number of hydrogen-bond donors (Lipinski definition) is 2. The predicted molar refractivity (Wildman–Crippen MR) is 93.8 cm³/mol. The summed E-state index contributed by atoms with van der Waals surface area (Å²) in [6.45, 7) is 4.02. The van der Waals surface area contributed by atoms with Gasteiger partial charge in [-0.1, -0.05) is 35.9 Å². The molecule has 2 aromatic rings. The van der Waals surface area contributed by atoms with Gasteiger partial charge in [-0.3, -0.25) is 9.59 Å². The standard InChI is InChI=1S/C20H22FNO3/c1-13-3-4-15(14(2)11-13)7-10-19(23)22-18(12-20(24)25)16-5-8-17(21)9-6-16/h3-6,8-9,11,18H,7,10,12H2,1-2H3,(H,22,23)(H,24,25). The molecule has 132 valence electrons. The van der Waals surface area contributed by atoms with Crippen molar-refractivity contribution in [3.63, 3.8) is 0 Å². The number of aryl methyl sites for hydroxylation is 3. The molecule has 0 aliphatic rings. The molecule has 0 saturated heterocycles. The molecule has 2 rings (SSSR count). The van der Waals surface area contributed by atoms with E-state index in [-0.39, 0.29) is 18.7 Å². The number of amides is 1. The van der Waals surface area contributed by atoms with Crippen LogP contribution in [0.3, 0.4) is 0 Å². The van der Waals surface area contributed by atoms with Gasteiger partial charge in [-0.25, -0.2) is 4.39 Å². The van der Waals surface area contributed by atoms with Gasteiger partial charge in [0.25, 0.3) is 0 Å². The highest BCUT2D eigenvalue weighted by atomic mass is 19.1. The van der Waals surface area contributed by atoms with Crippen molar-refractivity contribution in [2.75, 3.05) is 0 Å². The third kappa shape index (κ3) is 5.71. The van der Waals surface area contributed by atoms with Gasteiger partial charge in [0.15, 0.2) is 0 Å². The summed E-state index contributed by atoms with van der Waals surface area (Å²) in [4.78, 5) is 23.3. The van der Waals surface area contributed by atoms with Crippen molar-refractivity contribution in [1.29, 1.82) is 0 Å². The average molecular weight is 343 g/mol. The van der Waals surface area contributed by atoms with Crippen LogP contribution in [0.15, 0.2) is 42.5 Å². The van der Waals surface area contributed by atoms with E-state index in [1.165, 1.54) is 29.8 Å². The van der Waals surface area contributed by atoms with Gasteiger partial charge in [-0.15, -0.1) is 0 Å². The maximum atomic E-state index is 13.0. The maximum absolute atomic E-state index is 13.0. The number of carbonyl (C=O) groups is 2. The Morgan fingerprint density at radius 1 is 1.12 bits per heavy atom. The minimum absolute atomic E-state index is 0.226. The van der Waals surface area contributed by atoms with Crippen molar-refractivity contribution in [2.24, 2.45) is 0 Å². The van der Waals surface area contributed by atoms with Crippen molar-refractivity contribution >= 4 is 11.9 Å². The summed E-state index contributed by atoms with van der Waals surface area (Å²) in [5.74, 6) is -1.65. The second kappa shape index (κ2) is 8.42. The van der Waals surface area contributed by atoms with Crippen LogP contribution in [0, 0.1) is 19.7 Å². The summed E-state index contributed by atoms with van der Waals surface area (Å²) in [6, 6.07) is 10.9. The number of carboxylic acids is 1. The van der Waals surface area contributed by atoms with Gasteiger partial charge < -0.3 is 10.4 Å². The highest BCUT2D eigenvalue weighted by Gasteiger charge is 2.18. The summed E-state index contributed by atoms with van der Waals surface area (Å²) in [5.41, 5.74) is 3.97. The van der Waals surface area contributed by atoms with Gasteiger partial charge in [-0.2, -0.15) is 0 Å². The largest absolute Gasteiger partial charge is 0.481 e. The first-order chi connectivity index (χ1) is 11.8. The summed E-state index contributed by atoms with van der Waals surface area (Å²) in [5, 5.41) is 11.8. The minimum atomic E-state index is -1.02. The fraction of sp³-hybridized carbons (Fsp3) is 0.300. The molecule has 25 heavy (non-hydrogen) atoms. The first-order valence-electron chi connectivity index (χ1n) is 8.18. The van der Waals surface area contributed by atoms with E-state index in [1.807, 2.05) is 26.0 Å². The topological polar surface area (TPSA) is 66.4 Å². The molecule has 0 bridgehead atoms. The Hall–Kier alpha value is -2.69. The van der Waals surface area contributed by atoms with Gasteiger partial charge in [-0.05, 0) is 49.1 Å². The molecule has 4 nitrogen and oxygen atoms in total. The lowest BCUT2D eigenvalue weighted by Gasteiger charge is -2.18. The molecule has 0 aliphatic carbocycles. The highest BCUT2D eigenvalue weighted by molar-refractivity contribution is 5.78. The molecule has 0 fully saturated rings. The zero-order valence-electron chi connectivity index (χ0n) is 14.4. The van der Waals surface area contributed by atoms with E-state index in [1.54, 1.807) is 0 Å². The van der Waals surface area contributed by atoms with Gasteiger partial charge in [0.2, 0.25) is 5.91 Å². The Bertz CT molecular complexity index is 756. The Morgan fingerprint density at radius 3 is 2.40 bits per heavy atom. The lowest BCUT2D eigenvalue weighted by atomic mass is 10.0. The van der Waals surface area contributed by atoms with Crippen LogP contribution in [0.2, 0.25) is 0 Å². The Kier molecular flexibility index (Phi) is 6.28. The smallest absolute Gasteiger partial charge is 0.305 e. The number of halogens is 1. The van der Waals surface area contributed by atoms with E-state index >= 15 is 0 Å². The summed E-state index contributed by atoms with van der Waals surface area (Å²) < 4.78 is 13.0. The fourth-order valence-corrected chi connectivity index (χ4v) is 2.76. The number of carboxylic acid groups (broad SMARTS) is 1. The molecule has 1 amide bonds. The van der Waals surface area contributed by atoms with Crippen LogP contribution in [0.1, 0.15) is 41.1 Å². The van der Waals surface area contributed by atoms with E-state index in [4.69, 9.17) is 5.11 Å². The quantitative estimate of drug-likeness (QED) is 0.805. The second-order valence-corrected chi connectivity index (χ2v) is 6.20. The number of aliphatic carboxylic acids is 1. The van der Waals surface area contributed by atoms with Crippen molar-refractivity contribution in [1.82, 2.24) is 5.32 Å². The number of carbonyl (C=O) groups excluding carboxylic acids is 1. The van der Waals surface area contributed by atoms with Crippen LogP contribution in [0.5, 0.6) is 0 Å². The average Bonchev–Trinajstić information content (AvgIpc) is 2.53. The van der Waals surface area contributed by atoms with Crippen molar-refractivity contribution in [3.05, 3.63) is 70.5 Å². The molecule has 1 unspecified atom stereocenters. The van der Waals surface area contributed by atoms with Gasteiger partial charge in [0.1, 0.15) is 5.82 Å². The Balaban J connectivity index is 2.01. The Labute approximate surface area is 146 Å². The van der Waals surface area contributed by atoms with E-state index < -0.39 is 17.8 Å². The molecule has 2 aromatic carbocycles. The lowest BCUT2D eigenvalue weighted by Crippen LogP contribution is -2.30. The monoisotopic (exact) mass is 343 g/mol. The normalized spacial score (nSPS) is 11.8. The first-order valence-corrected chi connectivity index (χ1v) is 8.18. The van der Waals surface area contributed by atoms with Crippen LogP contribution >= 0.6 is 0 Å². The molecule has 0 radical (unpaired) electrons. The molecule has 0 spiro atoms. The van der Waals surface area contributed by atoms with Crippen LogP contribution < -0.4 is 5.32 Å². The van der Waals surface area contributed by atoms with E-state index in [0.717, 1.165) is 11.1 Å². The zero-order valence-corrected chi connectivity index (χ0v) is 14.4. The number of hydrogen-bond acceptors (Lipinski definition) is 2. The van der Waals surface area contributed by atoms with E-state index in [9.17, 15) is 14.0 Å². The summed E-state index contributed by atoms with van der Waals surface area (Å²) >= 11 is 0. The molecular formula is C20H22FNO3. The predicted octanol–water partition coefficient (Wildman–Crippen LogP) is 3.71. The molecule has 5 heteroatoms. The molecule has 2 N–H and O–H groups in total. The van der Waals surface area contributed by atoms with Crippen LogP contribution in [-0.2, 0) is 16.0 Å². The number of benzene rings is 2. The molecule has 0 aliphatic heterocycles. The maximum Gasteiger partial charge on any atom is 0.305 e. The van der Waals surface area contributed by atoms with Gasteiger partial charge in [0, 0.05) is 6.42 Å². The molecule has 0 heterocycles. The molecular weight excluding hydrogens is 321 g/mol. The lowest BCUT2D eigenvalue weighted by molar-refractivity contribution is -0.137. The van der Waals surface area contributed by atoms with Crippen LogP contribution in [0.4, 0.5) is 4.39 Å². The Morgan fingerprint density at radius 2 is 1.80 bits per heavy atom. The summed E-state index contributed by atoms with van der Waals surface area (Å²) in [7, 11) is 0. The molecule has 1 atom stereocenters. The molecule has 0 aromatic heterocycles. The van der Waals surface area contributed by atoms with Crippen molar-refractivity contribution in [2.45, 2.75) is 39.2 Å². The van der Waals surface area contributed by atoms with Crippen molar-refractivity contribution in [3.8, 4) is 0 Å². The van der Waals surface area contributed by atoms with Gasteiger partial charge in [0.05, 0.1) is 12.5 Å². The van der Waals surface area contributed by atoms with Crippen molar-refractivity contribution < 1.29 is 19.1 Å². The highest BCUT2D eigenvalue weighted by Crippen LogP contribution is 2.18.